The minimum Gasteiger partial charge on any atom is -0.481 e. The van der Waals surface area contributed by atoms with Gasteiger partial charge >= 0.3 is 0 Å². The van der Waals surface area contributed by atoms with E-state index in [1.165, 1.54) is 11.3 Å². The standard InChI is InChI=1S/C25H28ClN3O2.C2H4O2.C2H6/c1-4-22(19-7-10-24-20(17-19)12-14-29(24)15-16-30)23(26)11-13-28-25(27-3)31-21-8-5-18(2)6-9-21;1-2(3)4;1-2/h4-11,13,17,30H,1,12,14-16H2,2-3H3,(H,27,28);1H3,(H,3,4);1-2H3/b13-11+,23-22-;;. The molecule has 1 aliphatic rings. The lowest BCUT2D eigenvalue weighted by Gasteiger charge is -2.18. The molecule has 8 heteroatoms. The highest BCUT2D eigenvalue weighted by Gasteiger charge is 2.19. The fraction of sp³-hybridized carbons (Fsp3) is 0.310. The van der Waals surface area contributed by atoms with E-state index in [1.54, 1.807) is 25.4 Å². The molecule has 1 heterocycles. The lowest BCUT2D eigenvalue weighted by Crippen LogP contribution is -2.23. The van der Waals surface area contributed by atoms with Gasteiger partial charge in [0, 0.05) is 44.0 Å². The monoisotopic (exact) mass is 527 g/mol. The van der Waals surface area contributed by atoms with E-state index in [2.05, 4.69) is 33.9 Å². The van der Waals surface area contributed by atoms with Gasteiger partial charge in [-0.05, 0) is 60.4 Å². The average molecular weight is 528 g/mol. The van der Waals surface area contributed by atoms with Gasteiger partial charge in [0.25, 0.3) is 12.0 Å². The summed E-state index contributed by atoms with van der Waals surface area (Å²) in [5, 5.41) is 20.2. The molecule has 0 aromatic heterocycles. The number of aryl methyl sites for hydroxylation is 1. The molecule has 7 nitrogen and oxygen atoms in total. The first-order valence-electron chi connectivity index (χ1n) is 12.1. The number of hydrogen-bond donors (Lipinski definition) is 3. The first kappa shape index (κ1) is 31.5. The Bertz CT molecular complexity index is 1100. The molecule has 3 N–H and O–H groups in total. The van der Waals surface area contributed by atoms with Gasteiger partial charge in [0.05, 0.1) is 6.61 Å². The highest BCUT2D eigenvalue weighted by Crippen LogP contribution is 2.32. The molecule has 2 aromatic rings. The number of anilines is 1. The lowest BCUT2D eigenvalue weighted by molar-refractivity contribution is -0.134. The van der Waals surface area contributed by atoms with Crippen LogP contribution in [0.2, 0.25) is 0 Å². The number of aliphatic hydroxyl groups is 1. The van der Waals surface area contributed by atoms with Gasteiger partial charge in [0.2, 0.25) is 0 Å². The smallest absolute Gasteiger partial charge is 0.300 e. The normalized spacial score (nSPS) is 12.9. The molecule has 0 radical (unpaired) electrons. The number of carbonyl (C=O) groups is 1. The number of fused-ring (bicyclic) bond motifs is 1. The summed E-state index contributed by atoms with van der Waals surface area (Å²) in [6.07, 6.45) is 6.16. The average Bonchev–Trinajstić information content (AvgIpc) is 3.28. The van der Waals surface area contributed by atoms with E-state index in [1.807, 2.05) is 51.1 Å². The molecule has 200 valence electrons. The van der Waals surface area contributed by atoms with Crippen molar-refractivity contribution in [2.45, 2.75) is 34.1 Å². The Labute approximate surface area is 225 Å². The van der Waals surface area contributed by atoms with Crippen LogP contribution in [0.15, 0.2) is 77.4 Å². The van der Waals surface area contributed by atoms with Gasteiger partial charge in [-0.1, -0.05) is 61.9 Å². The molecule has 37 heavy (non-hydrogen) atoms. The number of rotatable bonds is 7. The fourth-order valence-corrected chi connectivity index (χ4v) is 3.73. The summed E-state index contributed by atoms with van der Waals surface area (Å²) < 4.78 is 5.74. The highest BCUT2D eigenvalue weighted by molar-refractivity contribution is 6.34. The minimum absolute atomic E-state index is 0.152. The van der Waals surface area contributed by atoms with Crippen LogP contribution in [0.4, 0.5) is 5.69 Å². The van der Waals surface area contributed by atoms with Crippen LogP contribution in [0.25, 0.3) is 5.57 Å². The second-order valence-corrected chi connectivity index (χ2v) is 8.12. The summed E-state index contributed by atoms with van der Waals surface area (Å²) in [6, 6.07) is 14.4. The SMILES string of the molecule is C=C/C(=C(Cl)\C=C\NC(=NC)Oc1ccc(C)cc1)c1ccc2c(c1)CCN2CCO.CC.CC(=O)O. The number of carboxylic acid groups (broad SMARTS) is 1. The first-order valence-corrected chi connectivity index (χ1v) is 12.5. The summed E-state index contributed by atoms with van der Waals surface area (Å²) in [4.78, 5) is 15.3. The van der Waals surface area contributed by atoms with Gasteiger partial charge in [-0.15, -0.1) is 0 Å². The number of aliphatic imine (C=N–C) groups is 1. The van der Waals surface area contributed by atoms with Crippen molar-refractivity contribution in [1.29, 1.82) is 0 Å². The molecule has 0 saturated heterocycles. The second kappa shape index (κ2) is 17.0. The Kier molecular flexibility index (Phi) is 14.5. The van der Waals surface area contributed by atoms with Crippen LogP contribution >= 0.6 is 11.6 Å². The number of allylic oxidation sites excluding steroid dienone is 4. The van der Waals surface area contributed by atoms with Crippen molar-refractivity contribution in [2.75, 3.05) is 31.6 Å². The highest BCUT2D eigenvalue weighted by atomic mass is 35.5. The fourth-order valence-electron chi connectivity index (χ4n) is 3.48. The molecule has 0 saturated carbocycles. The summed E-state index contributed by atoms with van der Waals surface area (Å²) in [6.45, 7) is 12.8. The number of aliphatic carboxylic acids is 1. The summed E-state index contributed by atoms with van der Waals surface area (Å²) in [5.74, 6) is -0.131. The Balaban J connectivity index is 0.00000104. The van der Waals surface area contributed by atoms with E-state index < -0.39 is 5.97 Å². The van der Waals surface area contributed by atoms with Crippen molar-refractivity contribution >= 4 is 34.9 Å². The van der Waals surface area contributed by atoms with E-state index in [9.17, 15) is 5.11 Å². The lowest BCUT2D eigenvalue weighted by atomic mass is 10.0. The molecule has 0 unspecified atom stereocenters. The van der Waals surface area contributed by atoms with Gasteiger partial charge in [0.1, 0.15) is 5.75 Å². The van der Waals surface area contributed by atoms with Crippen molar-refractivity contribution in [3.05, 3.63) is 89.1 Å². The van der Waals surface area contributed by atoms with Gasteiger partial charge in [-0.25, -0.2) is 4.99 Å². The van der Waals surface area contributed by atoms with Crippen LogP contribution < -0.4 is 15.0 Å². The quantitative estimate of drug-likeness (QED) is 0.240. The van der Waals surface area contributed by atoms with Crippen molar-refractivity contribution in [1.82, 2.24) is 5.32 Å². The number of aliphatic hydroxyl groups excluding tert-OH is 1. The first-order chi connectivity index (χ1) is 17.8. The number of ether oxygens (including phenoxy) is 1. The third-order valence-corrected chi connectivity index (χ3v) is 5.42. The van der Waals surface area contributed by atoms with E-state index in [-0.39, 0.29) is 6.61 Å². The van der Waals surface area contributed by atoms with Crippen LogP contribution in [-0.2, 0) is 11.2 Å². The number of nitrogens with one attached hydrogen (secondary N) is 1. The molecule has 0 amide bonds. The largest absolute Gasteiger partial charge is 0.481 e. The minimum atomic E-state index is -0.833. The molecular formula is C29H38ClN3O4. The predicted molar refractivity (Wildman–Crippen MR) is 155 cm³/mol. The van der Waals surface area contributed by atoms with Crippen LogP contribution in [-0.4, -0.2) is 48.9 Å². The maximum absolute atomic E-state index is 9.23. The zero-order valence-electron chi connectivity index (χ0n) is 22.3. The molecule has 0 fully saturated rings. The third-order valence-electron chi connectivity index (χ3n) is 5.09. The van der Waals surface area contributed by atoms with Gasteiger partial charge < -0.3 is 25.2 Å². The van der Waals surface area contributed by atoms with Gasteiger partial charge in [-0.2, -0.15) is 0 Å². The van der Waals surface area contributed by atoms with Crippen molar-refractivity contribution in [3.63, 3.8) is 0 Å². The number of halogens is 1. The predicted octanol–water partition coefficient (Wildman–Crippen LogP) is 5.77. The van der Waals surface area contributed by atoms with Crippen molar-refractivity contribution in [3.8, 4) is 5.75 Å². The van der Waals surface area contributed by atoms with E-state index in [4.69, 9.17) is 26.2 Å². The topological polar surface area (TPSA) is 94.4 Å². The number of hydrogen-bond acceptors (Lipinski definition) is 5. The number of nitrogens with zero attached hydrogens (tertiary/aromatic N) is 2. The number of amidine groups is 1. The van der Waals surface area contributed by atoms with E-state index >= 15 is 0 Å². The zero-order chi connectivity index (χ0) is 27.8. The maximum atomic E-state index is 9.23. The van der Waals surface area contributed by atoms with Crippen molar-refractivity contribution < 1.29 is 19.7 Å². The van der Waals surface area contributed by atoms with Gasteiger partial charge in [0.15, 0.2) is 0 Å². The van der Waals surface area contributed by atoms with E-state index in [0.717, 1.165) is 36.6 Å². The molecule has 3 rings (SSSR count). The Morgan fingerprint density at radius 1 is 1.24 bits per heavy atom. The van der Waals surface area contributed by atoms with Crippen molar-refractivity contribution in [2.24, 2.45) is 4.99 Å². The van der Waals surface area contributed by atoms with E-state index in [0.29, 0.717) is 23.3 Å². The summed E-state index contributed by atoms with van der Waals surface area (Å²) >= 11 is 6.57. The molecule has 0 aliphatic carbocycles. The Morgan fingerprint density at radius 3 is 2.46 bits per heavy atom. The second-order valence-electron chi connectivity index (χ2n) is 7.71. The maximum Gasteiger partial charge on any atom is 0.300 e. The third kappa shape index (κ3) is 10.5. The summed E-state index contributed by atoms with van der Waals surface area (Å²) in [5.41, 5.74) is 5.44. The molecule has 2 aromatic carbocycles. The summed E-state index contributed by atoms with van der Waals surface area (Å²) in [7, 11) is 1.65. The molecule has 0 atom stereocenters. The number of benzene rings is 2. The molecule has 0 bridgehead atoms. The van der Waals surface area contributed by atoms with Gasteiger partial charge in [-0.3, -0.25) is 4.79 Å². The zero-order valence-corrected chi connectivity index (χ0v) is 23.0. The van der Waals surface area contributed by atoms with Crippen LogP contribution in [0.1, 0.15) is 37.5 Å². The molecular weight excluding hydrogens is 490 g/mol. The number of β-amino-alcohol motifs (C(OH)–C–C–N with tert-alkyl or cyclic N) is 1. The van der Waals surface area contributed by atoms with Crippen LogP contribution in [0.5, 0.6) is 5.75 Å². The Hall–Kier alpha value is -3.55. The molecule has 1 aliphatic heterocycles. The van der Waals surface area contributed by atoms with Crippen LogP contribution in [0, 0.1) is 6.92 Å². The number of carboxylic acids is 1. The Morgan fingerprint density at radius 2 is 1.89 bits per heavy atom. The van der Waals surface area contributed by atoms with Crippen LogP contribution in [0.3, 0.4) is 0 Å². The molecule has 0 spiro atoms.